The molecule has 0 atom stereocenters. The van der Waals surface area contributed by atoms with Crippen molar-refractivity contribution in [1.29, 1.82) is 0 Å². The van der Waals surface area contributed by atoms with Crippen LogP contribution in [-0.2, 0) is 18.1 Å². The highest BCUT2D eigenvalue weighted by atomic mass is 28.3. The van der Waals surface area contributed by atoms with E-state index in [-0.39, 0.29) is 6.61 Å². The summed E-state index contributed by atoms with van der Waals surface area (Å²) in [5.74, 6) is 0. The molecule has 104 valence electrons. The van der Waals surface area contributed by atoms with Crippen LogP contribution >= 0.6 is 0 Å². The van der Waals surface area contributed by atoms with E-state index in [0.717, 1.165) is 29.1 Å². The van der Waals surface area contributed by atoms with Crippen LogP contribution in [0.1, 0.15) is 5.56 Å². The van der Waals surface area contributed by atoms with Crippen molar-refractivity contribution >= 4 is 19.0 Å². The molecule has 19 heavy (non-hydrogen) atoms. The number of benzene rings is 1. The van der Waals surface area contributed by atoms with Gasteiger partial charge < -0.3 is 9.84 Å². The lowest BCUT2D eigenvalue weighted by Gasteiger charge is -2.15. The van der Waals surface area contributed by atoms with Crippen molar-refractivity contribution in [3.8, 4) is 0 Å². The summed E-state index contributed by atoms with van der Waals surface area (Å²) in [6, 6.07) is 7.02. The minimum atomic E-state index is -1.04. The van der Waals surface area contributed by atoms with Crippen LogP contribution in [0.5, 0.6) is 0 Å². The fourth-order valence-corrected chi connectivity index (χ4v) is 2.60. The molecule has 0 bridgehead atoms. The SMILES string of the molecule is C[Si](C)(C)CCOCn1ncc2ccc(CO)cc21. The summed E-state index contributed by atoms with van der Waals surface area (Å²) in [5, 5.41) is 14.6. The number of nitrogens with zero attached hydrogens (tertiary/aromatic N) is 2. The third-order valence-corrected chi connectivity index (χ3v) is 4.81. The number of hydrogen-bond donors (Lipinski definition) is 1. The Labute approximate surface area is 115 Å². The van der Waals surface area contributed by atoms with Crippen LogP contribution in [0.3, 0.4) is 0 Å². The van der Waals surface area contributed by atoms with E-state index in [1.165, 1.54) is 0 Å². The molecule has 1 aromatic heterocycles. The van der Waals surface area contributed by atoms with E-state index in [0.29, 0.717) is 6.73 Å². The van der Waals surface area contributed by atoms with Crippen LogP contribution in [0.15, 0.2) is 24.4 Å². The van der Waals surface area contributed by atoms with Gasteiger partial charge in [-0.05, 0) is 17.7 Å². The first-order chi connectivity index (χ1) is 8.99. The van der Waals surface area contributed by atoms with Gasteiger partial charge in [0.05, 0.1) is 18.3 Å². The van der Waals surface area contributed by atoms with Crippen molar-refractivity contribution in [1.82, 2.24) is 9.78 Å². The molecule has 0 spiro atoms. The van der Waals surface area contributed by atoms with E-state index >= 15 is 0 Å². The van der Waals surface area contributed by atoms with Crippen molar-refractivity contribution in [2.45, 2.75) is 39.0 Å². The quantitative estimate of drug-likeness (QED) is 0.653. The summed E-state index contributed by atoms with van der Waals surface area (Å²) >= 11 is 0. The Bertz CT molecular complexity index is 546. The molecule has 0 aliphatic rings. The molecular weight excluding hydrogens is 256 g/mol. The van der Waals surface area contributed by atoms with Crippen LogP contribution in [0.25, 0.3) is 10.9 Å². The highest BCUT2D eigenvalue weighted by Crippen LogP contribution is 2.16. The van der Waals surface area contributed by atoms with Gasteiger partial charge in [0.1, 0.15) is 6.73 Å². The first kappa shape index (κ1) is 14.2. The van der Waals surface area contributed by atoms with Crippen molar-refractivity contribution in [3.63, 3.8) is 0 Å². The van der Waals surface area contributed by atoms with Crippen LogP contribution < -0.4 is 0 Å². The summed E-state index contributed by atoms with van der Waals surface area (Å²) in [6.07, 6.45) is 1.83. The van der Waals surface area contributed by atoms with Gasteiger partial charge in [0.15, 0.2) is 0 Å². The van der Waals surface area contributed by atoms with Crippen LogP contribution in [0.2, 0.25) is 25.7 Å². The Morgan fingerprint density at radius 2 is 2.11 bits per heavy atom. The minimum Gasteiger partial charge on any atom is -0.392 e. The Hall–Kier alpha value is -1.17. The summed E-state index contributed by atoms with van der Waals surface area (Å²) in [6.45, 7) is 8.34. The van der Waals surface area contributed by atoms with Gasteiger partial charge in [-0.1, -0.05) is 31.8 Å². The highest BCUT2D eigenvalue weighted by Gasteiger charge is 2.12. The van der Waals surface area contributed by atoms with Crippen LogP contribution in [0.4, 0.5) is 0 Å². The van der Waals surface area contributed by atoms with E-state index in [4.69, 9.17) is 4.74 Å². The summed E-state index contributed by atoms with van der Waals surface area (Å²) in [5.41, 5.74) is 1.91. The molecule has 0 fully saturated rings. The second kappa shape index (κ2) is 5.86. The zero-order valence-corrected chi connectivity index (χ0v) is 12.9. The molecule has 1 N–H and O–H groups in total. The average molecular weight is 278 g/mol. The lowest BCUT2D eigenvalue weighted by Crippen LogP contribution is -2.22. The molecule has 0 radical (unpaired) electrons. The number of fused-ring (bicyclic) bond motifs is 1. The molecule has 0 aliphatic heterocycles. The average Bonchev–Trinajstić information content (AvgIpc) is 2.76. The Kier molecular flexibility index (Phi) is 4.39. The first-order valence-corrected chi connectivity index (χ1v) is 10.3. The fourth-order valence-electron chi connectivity index (χ4n) is 1.85. The van der Waals surface area contributed by atoms with Crippen molar-refractivity contribution in [2.24, 2.45) is 0 Å². The highest BCUT2D eigenvalue weighted by molar-refractivity contribution is 6.76. The molecule has 2 aromatic rings. The van der Waals surface area contributed by atoms with Crippen molar-refractivity contribution < 1.29 is 9.84 Å². The maximum absolute atomic E-state index is 9.17. The second-order valence-corrected chi connectivity index (χ2v) is 11.7. The largest absolute Gasteiger partial charge is 0.392 e. The molecule has 0 unspecified atom stereocenters. The van der Waals surface area contributed by atoms with Gasteiger partial charge in [0.2, 0.25) is 0 Å². The monoisotopic (exact) mass is 278 g/mol. The molecule has 1 aromatic carbocycles. The molecule has 0 saturated carbocycles. The number of ether oxygens (including phenoxy) is 1. The molecule has 1 heterocycles. The van der Waals surface area contributed by atoms with E-state index in [9.17, 15) is 5.11 Å². The topological polar surface area (TPSA) is 47.3 Å². The van der Waals surface area contributed by atoms with Gasteiger partial charge in [0, 0.05) is 20.1 Å². The molecule has 2 rings (SSSR count). The molecule has 0 saturated heterocycles. The van der Waals surface area contributed by atoms with E-state index in [2.05, 4.69) is 24.7 Å². The van der Waals surface area contributed by atoms with Gasteiger partial charge in [0.25, 0.3) is 0 Å². The number of rotatable bonds is 6. The normalized spacial score (nSPS) is 12.2. The Morgan fingerprint density at radius 3 is 2.79 bits per heavy atom. The lowest BCUT2D eigenvalue weighted by molar-refractivity contribution is 0.0817. The van der Waals surface area contributed by atoms with Gasteiger partial charge in [-0.25, -0.2) is 4.68 Å². The zero-order valence-electron chi connectivity index (χ0n) is 11.9. The summed E-state index contributed by atoms with van der Waals surface area (Å²) in [7, 11) is -1.04. The maximum atomic E-state index is 9.17. The second-order valence-electron chi connectivity index (χ2n) is 6.04. The van der Waals surface area contributed by atoms with Crippen LogP contribution in [0, 0.1) is 0 Å². The zero-order chi connectivity index (χ0) is 13.9. The van der Waals surface area contributed by atoms with E-state index in [1.54, 1.807) is 0 Å². The van der Waals surface area contributed by atoms with E-state index < -0.39 is 8.07 Å². The predicted molar refractivity (Wildman–Crippen MR) is 79.8 cm³/mol. The molecule has 0 aliphatic carbocycles. The van der Waals surface area contributed by atoms with E-state index in [1.807, 2.05) is 29.1 Å². The predicted octanol–water partition coefficient (Wildman–Crippen LogP) is 2.84. The Balaban J connectivity index is 2.00. The summed E-state index contributed by atoms with van der Waals surface area (Å²) < 4.78 is 7.55. The van der Waals surface area contributed by atoms with Gasteiger partial charge in [-0.2, -0.15) is 5.10 Å². The smallest absolute Gasteiger partial charge is 0.139 e. The lowest BCUT2D eigenvalue weighted by atomic mass is 10.2. The van der Waals surface area contributed by atoms with Crippen molar-refractivity contribution in [3.05, 3.63) is 30.0 Å². The molecule has 5 heteroatoms. The maximum Gasteiger partial charge on any atom is 0.139 e. The van der Waals surface area contributed by atoms with Gasteiger partial charge in [-0.15, -0.1) is 0 Å². The number of aromatic nitrogens is 2. The first-order valence-electron chi connectivity index (χ1n) is 6.63. The number of hydrogen-bond acceptors (Lipinski definition) is 3. The molecule has 0 amide bonds. The minimum absolute atomic E-state index is 0.0532. The summed E-state index contributed by atoms with van der Waals surface area (Å²) in [4.78, 5) is 0. The molecule has 4 nitrogen and oxygen atoms in total. The number of aliphatic hydroxyl groups excluding tert-OH is 1. The number of aliphatic hydroxyl groups is 1. The third-order valence-electron chi connectivity index (χ3n) is 3.10. The van der Waals surface area contributed by atoms with Crippen LogP contribution in [-0.4, -0.2) is 29.6 Å². The van der Waals surface area contributed by atoms with Gasteiger partial charge in [-0.3, -0.25) is 0 Å². The Morgan fingerprint density at radius 1 is 1.32 bits per heavy atom. The fraction of sp³-hybridized carbons (Fsp3) is 0.500. The third kappa shape index (κ3) is 3.89. The molecular formula is C14H22N2O2Si. The van der Waals surface area contributed by atoms with Gasteiger partial charge >= 0.3 is 0 Å². The standard InChI is InChI=1S/C14H22N2O2Si/c1-19(2,3)7-6-18-11-16-14-8-12(10-17)4-5-13(14)9-15-16/h4-5,8-9,17H,6-7,10-11H2,1-3H3. The van der Waals surface area contributed by atoms with Crippen molar-refractivity contribution in [2.75, 3.05) is 6.61 Å².